The van der Waals surface area contributed by atoms with Crippen LogP contribution in [0.25, 0.3) is 22.5 Å². The molecule has 6 nitrogen and oxygen atoms in total. The van der Waals surface area contributed by atoms with Crippen molar-refractivity contribution < 1.29 is 0 Å². The van der Waals surface area contributed by atoms with Gasteiger partial charge in [0.25, 0.3) is 5.56 Å². The SMILES string of the molecule is CCCCn1nc(C)c(-c2cc(-c3ccccc3)n[nH]2)c(N)c1=O. The number of nitrogens with two attached hydrogens (primary N) is 1. The van der Waals surface area contributed by atoms with E-state index in [0.29, 0.717) is 23.5 Å². The molecule has 0 aliphatic rings. The quantitative estimate of drug-likeness (QED) is 0.755. The lowest BCUT2D eigenvalue weighted by molar-refractivity contribution is 0.539. The molecule has 0 atom stereocenters. The van der Waals surface area contributed by atoms with Gasteiger partial charge in [-0.2, -0.15) is 10.2 Å². The van der Waals surface area contributed by atoms with Gasteiger partial charge in [0, 0.05) is 12.1 Å². The summed E-state index contributed by atoms with van der Waals surface area (Å²) in [5.41, 5.74) is 9.93. The van der Waals surface area contributed by atoms with Crippen LogP contribution in [0.2, 0.25) is 0 Å². The van der Waals surface area contributed by atoms with Crippen LogP contribution in [0.1, 0.15) is 25.5 Å². The summed E-state index contributed by atoms with van der Waals surface area (Å²) in [6.45, 7) is 4.51. The summed E-state index contributed by atoms with van der Waals surface area (Å²) in [7, 11) is 0. The number of benzene rings is 1. The van der Waals surface area contributed by atoms with Gasteiger partial charge in [0.15, 0.2) is 0 Å². The van der Waals surface area contributed by atoms with Crippen molar-refractivity contribution in [3.05, 3.63) is 52.4 Å². The van der Waals surface area contributed by atoms with Crippen LogP contribution in [0.3, 0.4) is 0 Å². The first-order chi connectivity index (χ1) is 11.6. The van der Waals surface area contributed by atoms with Gasteiger partial charge in [-0.05, 0) is 19.4 Å². The zero-order valence-corrected chi connectivity index (χ0v) is 13.9. The van der Waals surface area contributed by atoms with Crippen LogP contribution in [0, 0.1) is 6.92 Å². The summed E-state index contributed by atoms with van der Waals surface area (Å²) in [6.07, 6.45) is 1.89. The molecule has 0 aliphatic heterocycles. The summed E-state index contributed by atoms with van der Waals surface area (Å²) in [5, 5.41) is 11.7. The molecular weight excluding hydrogens is 302 g/mol. The number of H-pyrrole nitrogens is 1. The largest absolute Gasteiger partial charge is 0.394 e. The number of hydrogen-bond donors (Lipinski definition) is 2. The highest BCUT2D eigenvalue weighted by molar-refractivity contribution is 5.77. The van der Waals surface area contributed by atoms with Crippen LogP contribution in [0.15, 0.2) is 41.2 Å². The van der Waals surface area contributed by atoms with Gasteiger partial charge in [-0.15, -0.1) is 0 Å². The van der Waals surface area contributed by atoms with Crippen LogP contribution < -0.4 is 11.3 Å². The molecule has 3 N–H and O–H groups in total. The Morgan fingerprint density at radius 3 is 2.71 bits per heavy atom. The summed E-state index contributed by atoms with van der Waals surface area (Å²) < 4.78 is 1.45. The average Bonchev–Trinajstić information content (AvgIpc) is 3.07. The molecule has 3 aromatic rings. The van der Waals surface area contributed by atoms with Crippen molar-refractivity contribution in [2.45, 2.75) is 33.2 Å². The van der Waals surface area contributed by atoms with Crippen molar-refractivity contribution in [1.29, 1.82) is 0 Å². The first-order valence-electron chi connectivity index (χ1n) is 8.10. The van der Waals surface area contributed by atoms with Crippen molar-refractivity contribution in [2.75, 3.05) is 5.73 Å². The molecule has 0 aliphatic carbocycles. The van der Waals surface area contributed by atoms with Gasteiger partial charge in [-0.1, -0.05) is 43.7 Å². The highest BCUT2D eigenvalue weighted by Gasteiger charge is 2.16. The fourth-order valence-electron chi connectivity index (χ4n) is 2.72. The van der Waals surface area contributed by atoms with Crippen molar-refractivity contribution >= 4 is 5.69 Å². The predicted octanol–water partition coefficient (Wildman–Crippen LogP) is 2.99. The molecule has 1 aromatic carbocycles. The van der Waals surface area contributed by atoms with E-state index in [1.165, 1.54) is 4.68 Å². The Labute approximate surface area is 140 Å². The van der Waals surface area contributed by atoms with Crippen LogP contribution in [0.4, 0.5) is 5.69 Å². The number of nitrogens with one attached hydrogen (secondary N) is 1. The molecule has 124 valence electrons. The first-order valence-corrected chi connectivity index (χ1v) is 8.10. The molecular formula is C18H21N5O. The molecule has 0 saturated carbocycles. The van der Waals surface area contributed by atoms with Crippen molar-refractivity contribution in [3.63, 3.8) is 0 Å². The molecule has 0 fully saturated rings. The van der Waals surface area contributed by atoms with Gasteiger partial charge >= 0.3 is 0 Å². The molecule has 0 amide bonds. The molecule has 2 aromatic heterocycles. The van der Waals surface area contributed by atoms with E-state index in [-0.39, 0.29) is 11.2 Å². The van der Waals surface area contributed by atoms with Crippen LogP contribution in [0.5, 0.6) is 0 Å². The number of aromatic amines is 1. The van der Waals surface area contributed by atoms with Gasteiger partial charge in [-0.25, -0.2) is 4.68 Å². The lowest BCUT2D eigenvalue weighted by Gasteiger charge is -2.11. The molecule has 0 saturated heterocycles. The number of hydrogen-bond acceptors (Lipinski definition) is 4. The molecule has 0 unspecified atom stereocenters. The number of nitrogen functional groups attached to an aromatic ring is 1. The van der Waals surface area contributed by atoms with E-state index in [2.05, 4.69) is 22.2 Å². The summed E-state index contributed by atoms with van der Waals surface area (Å²) in [6, 6.07) is 11.7. The monoisotopic (exact) mass is 323 g/mol. The lowest BCUT2D eigenvalue weighted by Crippen LogP contribution is -2.27. The average molecular weight is 323 g/mol. The van der Waals surface area contributed by atoms with Crippen molar-refractivity contribution in [3.8, 4) is 22.5 Å². The smallest absolute Gasteiger partial charge is 0.290 e. The van der Waals surface area contributed by atoms with Gasteiger partial charge in [0.1, 0.15) is 5.69 Å². The Kier molecular flexibility index (Phi) is 4.46. The second kappa shape index (κ2) is 6.70. The van der Waals surface area contributed by atoms with Crippen molar-refractivity contribution in [1.82, 2.24) is 20.0 Å². The van der Waals surface area contributed by atoms with E-state index < -0.39 is 0 Å². The standard InChI is InChI=1S/C18H21N5O/c1-3-4-10-23-18(24)17(19)16(12(2)22-23)15-11-14(20-21-15)13-8-6-5-7-9-13/h5-9,11H,3-4,10,19H2,1-2H3,(H,20,21). The minimum absolute atomic E-state index is 0.210. The molecule has 2 heterocycles. The van der Waals surface area contributed by atoms with E-state index in [1.54, 1.807) is 0 Å². The molecule has 24 heavy (non-hydrogen) atoms. The van der Waals surface area contributed by atoms with Crippen LogP contribution in [-0.4, -0.2) is 20.0 Å². The fraction of sp³-hybridized carbons (Fsp3) is 0.278. The molecule has 0 spiro atoms. The summed E-state index contributed by atoms with van der Waals surface area (Å²) in [5.74, 6) is 0. The Balaban J connectivity index is 2.03. The first kappa shape index (κ1) is 16.0. The van der Waals surface area contributed by atoms with Gasteiger partial charge in [0.05, 0.1) is 22.6 Å². The lowest BCUT2D eigenvalue weighted by atomic mass is 10.1. The fourth-order valence-corrected chi connectivity index (χ4v) is 2.72. The van der Waals surface area contributed by atoms with Crippen LogP contribution >= 0.6 is 0 Å². The van der Waals surface area contributed by atoms with E-state index in [4.69, 9.17) is 5.73 Å². The molecule has 3 rings (SSSR count). The number of rotatable bonds is 5. The Bertz CT molecular complexity index is 896. The zero-order valence-electron chi connectivity index (χ0n) is 13.9. The van der Waals surface area contributed by atoms with E-state index in [0.717, 1.165) is 24.1 Å². The number of nitrogens with zero attached hydrogens (tertiary/aromatic N) is 3. The Morgan fingerprint density at radius 2 is 2.00 bits per heavy atom. The minimum Gasteiger partial charge on any atom is -0.394 e. The number of aromatic nitrogens is 4. The number of unbranched alkanes of at least 4 members (excludes halogenated alkanes) is 1. The Morgan fingerprint density at radius 1 is 1.25 bits per heavy atom. The summed E-state index contributed by atoms with van der Waals surface area (Å²) >= 11 is 0. The predicted molar refractivity (Wildman–Crippen MR) is 95.6 cm³/mol. The normalized spacial score (nSPS) is 10.9. The van der Waals surface area contributed by atoms with Crippen LogP contribution in [-0.2, 0) is 6.54 Å². The third-order valence-corrected chi connectivity index (χ3v) is 4.01. The van der Waals surface area contributed by atoms with E-state index >= 15 is 0 Å². The highest BCUT2D eigenvalue weighted by Crippen LogP contribution is 2.27. The maximum atomic E-state index is 12.4. The number of aryl methyl sites for hydroxylation is 2. The molecule has 0 bridgehead atoms. The minimum atomic E-state index is -0.250. The molecule has 0 radical (unpaired) electrons. The van der Waals surface area contributed by atoms with E-state index in [9.17, 15) is 4.79 Å². The molecule has 6 heteroatoms. The third-order valence-electron chi connectivity index (χ3n) is 4.01. The number of anilines is 1. The van der Waals surface area contributed by atoms with E-state index in [1.807, 2.05) is 43.3 Å². The topological polar surface area (TPSA) is 89.6 Å². The third kappa shape index (κ3) is 2.95. The maximum Gasteiger partial charge on any atom is 0.290 e. The van der Waals surface area contributed by atoms with Gasteiger partial charge in [0.2, 0.25) is 0 Å². The summed E-state index contributed by atoms with van der Waals surface area (Å²) in [4.78, 5) is 12.4. The Hall–Kier alpha value is -2.89. The zero-order chi connectivity index (χ0) is 17.1. The van der Waals surface area contributed by atoms with Gasteiger partial charge < -0.3 is 5.73 Å². The maximum absolute atomic E-state index is 12.4. The second-order valence-corrected chi connectivity index (χ2v) is 5.79. The highest BCUT2D eigenvalue weighted by atomic mass is 16.1. The second-order valence-electron chi connectivity index (χ2n) is 5.79. The van der Waals surface area contributed by atoms with Crippen molar-refractivity contribution in [2.24, 2.45) is 0 Å². The van der Waals surface area contributed by atoms with Gasteiger partial charge in [-0.3, -0.25) is 9.89 Å².